The molecule has 5 nitrogen and oxygen atoms in total. The number of nitrogens with zero attached hydrogens (tertiary/aromatic N) is 1. The number of amides is 4. The van der Waals surface area contributed by atoms with Gasteiger partial charge in [-0.2, -0.15) is 0 Å². The van der Waals surface area contributed by atoms with Crippen LogP contribution in [0.5, 0.6) is 0 Å². The van der Waals surface area contributed by atoms with Crippen LogP contribution in [0.3, 0.4) is 0 Å². The zero-order valence-electron chi connectivity index (χ0n) is 18.9. The van der Waals surface area contributed by atoms with Gasteiger partial charge in [0.1, 0.15) is 5.57 Å². The summed E-state index contributed by atoms with van der Waals surface area (Å²) in [6.45, 7) is 5.92. The van der Waals surface area contributed by atoms with Gasteiger partial charge in [-0.05, 0) is 79.8 Å². The Bertz CT molecular complexity index is 1360. The third-order valence-corrected chi connectivity index (χ3v) is 6.50. The van der Waals surface area contributed by atoms with E-state index in [4.69, 9.17) is 11.6 Å². The van der Waals surface area contributed by atoms with Gasteiger partial charge in [0, 0.05) is 9.50 Å². The predicted molar refractivity (Wildman–Crippen MR) is 138 cm³/mol. The predicted octanol–water partition coefficient (Wildman–Crippen LogP) is 6.28. The molecule has 0 spiro atoms. The van der Waals surface area contributed by atoms with Crippen molar-refractivity contribution in [3.8, 4) is 0 Å². The number of anilines is 1. The summed E-state index contributed by atoms with van der Waals surface area (Å²) in [5.74, 6) is -1.44. The Morgan fingerprint density at radius 1 is 0.941 bits per heavy atom. The fraction of sp³-hybridized carbons (Fsp3) is 0.148. The SMILES string of the molecule is Cc1cc(C)cc(Cc2ccc(Br)cc2/C=C2\C(=O)NC(=O)N(c3ccc(C)c(Cl)c3)C2=O)c1. The molecular formula is C27H22BrClN2O3. The van der Waals surface area contributed by atoms with Gasteiger partial charge in [0.25, 0.3) is 11.8 Å². The Hall–Kier alpha value is -3.22. The molecule has 0 unspecified atom stereocenters. The zero-order chi connectivity index (χ0) is 24.6. The van der Waals surface area contributed by atoms with Crippen molar-refractivity contribution in [2.24, 2.45) is 0 Å². The van der Waals surface area contributed by atoms with Crippen LogP contribution in [0.15, 0.2) is 64.6 Å². The van der Waals surface area contributed by atoms with Gasteiger partial charge < -0.3 is 0 Å². The second kappa shape index (κ2) is 9.57. The molecule has 4 rings (SSSR count). The topological polar surface area (TPSA) is 66.5 Å². The molecule has 0 saturated carbocycles. The van der Waals surface area contributed by atoms with Crippen molar-refractivity contribution in [3.05, 3.63) is 103 Å². The molecule has 3 aromatic carbocycles. The summed E-state index contributed by atoms with van der Waals surface area (Å²) in [5, 5.41) is 2.69. The highest BCUT2D eigenvalue weighted by molar-refractivity contribution is 9.10. The Balaban J connectivity index is 1.75. The number of urea groups is 1. The molecule has 0 atom stereocenters. The number of rotatable bonds is 4. The van der Waals surface area contributed by atoms with Crippen LogP contribution in [0, 0.1) is 20.8 Å². The first-order chi connectivity index (χ1) is 16.1. The number of halogens is 2. The molecule has 0 radical (unpaired) electrons. The van der Waals surface area contributed by atoms with E-state index in [9.17, 15) is 14.4 Å². The Labute approximate surface area is 211 Å². The minimum atomic E-state index is -0.809. The lowest BCUT2D eigenvalue weighted by Gasteiger charge is -2.26. The quantitative estimate of drug-likeness (QED) is 0.314. The minimum Gasteiger partial charge on any atom is -0.273 e. The first-order valence-electron chi connectivity index (χ1n) is 10.7. The third kappa shape index (κ3) is 4.98. The highest BCUT2D eigenvalue weighted by Gasteiger charge is 2.37. The van der Waals surface area contributed by atoms with E-state index in [1.165, 1.54) is 23.3 Å². The summed E-state index contributed by atoms with van der Waals surface area (Å²) >= 11 is 9.68. The molecule has 4 amide bonds. The molecule has 1 aliphatic heterocycles. The molecule has 34 heavy (non-hydrogen) atoms. The summed E-state index contributed by atoms with van der Waals surface area (Å²) < 4.78 is 0.811. The van der Waals surface area contributed by atoms with E-state index in [0.717, 1.165) is 26.1 Å². The number of carbonyl (C=O) groups excluding carboxylic acids is 3. The average molecular weight is 538 g/mol. The molecule has 3 aromatic rings. The molecule has 0 aromatic heterocycles. The lowest BCUT2D eigenvalue weighted by Crippen LogP contribution is -2.54. The monoisotopic (exact) mass is 536 g/mol. The smallest absolute Gasteiger partial charge is 0.273 e. The van der Waals surface area contributed by atoms with Crippen molar-refractivity contribution in [1.29, 1.82) is 0 Å². The summed E-state index contributed by atoms with van der Waals surface area (Å²) in [6, 6.07) is 16.2. The molecule has 0 aliphatic carbocycles. The number of barbiturate groups is 1. The first kappa shape index (κ1) is 23.9. The Morgan fingerprint density at radius 3 is 2.32 bits per heavy atom. The largest absolute Gasteiger partial charge is 0.335 e. The van der Waals surface area contributed by atoms with Crippen LogP contribution in [0.1, 0.15) is 33.4 Å². The van der Waals surface area contributed by atoms with Gasteiger partial charge in [0.05, 0.1) is 5.69 Å². The maximum atomic E-state index is 13.3. The van der Waals surface area contributed by atoms with Crippen LogP contribution in [0.2, 0.25) is 5.02 Å². The zero-order valence-corrected chi connectivity index (χ0v) is 21.3. The molecule has 1 N–H and O–H groups in total. The Morgan fingerprint density at radius 2 is 1.65 bits per heavy atom. The normalized spacial score (nSPS) is 15.1. The van der Waals surface area contributed by atoms with Gasteiger partial charge in [-0.1, -0.05) is 69.0 Å². The number of nitrogens with one attached hydrogen (secondary N) is 1. The van der Waals surface area contributed by atoms with Crippen LogP contribution in [-0.2, 0) is 16.0 Å². The summed E-state index contributed by atoms with van der Waals surface area (Å²) in [5.41, 5.74) is 6.10. The number of hydrogen-bond acceptors (Lipinski definition) is 3. The fourth-order valence-electron chi connectivity index (χ4n) is 4.02. The second-order valence-electron chi connectivity index (χ2n) is 8.41. The van der Waals surface area contributed by atoms with Crippen LogP contribution in [-0.4, -0.2) is 17.8 Å². The fourth-order valence-corrected chi connectivity index (χ4v) is 4.57. The highest BCUT2D eigenvalue weighted by Crippen LogP contribution is 2.28. The molecule has 1 saturated heterocycles. The van der Waals surface area contributed by atoms with Gasteiger partial charge in [-0.3, -0.25) is 14.9 Å². The first-order valence-corrected chi connectivity index (χ1v) is 11.8. The van der Waals surface area contributed by atoms with E-state index in [0.29, 0.717) is 22.7 Å². The van der Waals surface area contributed by atoms with Crippen molar-refractivity contribution < 1.29 is 14.4 Å². The van der Waals surface area contributed by atoms with Gasteiger partial charge in [0.15, 0.2) is 0 Å². The van der Waals surface area contributed by atoms with E-state index >= 15 is 0 Å². The standard InChI is InChI=1S/C27H22BrClN2O3/c1-15-8-16(2)10-18(9-15)11-19-5-6-21(28)12-20(19)13-23-25(32)30-27(34)31(26(23)33)22-7-4-17(3)24(29)14-22/h4-10,12-14H,11H2,1-3H3,(H,30,32,34)/b23-13+. The highest BCUT2D eigenvalue weighted by atomic mass is 79.9. The van der Waals surface area contributed by atoms with Crippen molar-refractivity contribution in [2.75, 3.05) is 4.90 Å². The number of hydrogen-bond donors (Lipinski definition) is 1. The van der Waals surface area contributed by atoms with Gasteiger partial charge in [-0.15, -0.1) is 0 Å². The van der Waals surface area contributed by atoms with Crippen molar-refractivity contribution in [2.45, 2.75) is 27.2 Å². The summed E-state index contributed by atoms with van der Waals surface area (Å²) in [6.07, 6.45) is 2.16. The molecule has 1 aliphatic rings. The van der Waals surface area contributed by atoms with Crippen molar-refractivity contribution in [1.82, 2.24) is 5.32 Å². The number of imide groups is 2. The molecule has 172 valence electrons. The van der Waals surface area contributed by atoms with Gasteiger partial charge in [-0.25, -0.2) is 9.69 Å². The third-order valence-electron chi connectivity index (χ3n) is 5.60. The number of benzene rings is 3. The van der Waals surface area contributed by atoms with E-state index in [2.05, 4.69) is 53.3 Å². The molecule has 7 heteroatoms. The van der Waals surface area contributed by atoms with E-state index in [1.807, 2.05) is 25.1 Å². The van der Waals surface area contributed by atoms with E-state index in [-0.39, 0.29) is 5.57 Å². The Kier molecular flexibility index (Phi) is 6.73. The maximum Gasteiger partial charge on any atom is 0.335 e. The summed E-state index contributed by atoms with van der Waals surface area (Å²) in [4.78, 5) is 39.4. The number of carbonyl (C=O) groups is 3. The van der Waals surface area contributed by atoms with Crippen molar-refractivity contribution in [3.63, 3.8) is 0 Å². The van der Waals surface area contributed by atoms with Crippen LogP contribution in [0.25, 0.3) is 6.08 Å². The minimum absolute atomic E-state index is 0.129. The molecule has 0 bridgehead atoms. The van der Waals surface area contributed by atoms with Crippen LogP contribution in [0.4, 0.5) is 10.5 Å². The lowest BCUT2D eigenvalue weighted by atomic mass is 9.95. The number of aryl methyl sites for hydroxylation is 3. The molecular weight excluding hydrogens is 516 g/mol. The van der Waals surface area contributed by atoms with Crippen molar-refractivity contribution >= 4 is 57.1 Å². The summed E-state index contributed by atoms with van der Waals surface area (Å²) in [7, 11) is 0. The second-order valence-corrected chi connectivity index (χ2v) is 9.73. The molecule has 1 fully saturated rings. The van der Waals surface area contributed by atoms with Crippen LogP contribution >= 0.6 is 27.5 Å². The van der Waals surface area contributed by atoms with Gasteiger partial charge >= 0.3 is 6.03 Å². The van der Waals surface area contributed by atoms with E-state index < -0.39 is 17.8 Å². The van der Waals surface area contributed by atoms with E-state index in [1.54, 1.807) is 12.1 Å². The lowest BCUT2D eigenvalue weighted by molar-refractivity contribution is -0.122. The maximum absolute atomic E-state index is 13.3. The average Bonchev–Trinajstić information content (AvgIpc) is 2.74. The van der Waals surface area contributed by atoms with Gasteiger partial charge in [0.2, 0.25) is 0 Å². The molecule has 1 heterocycles. The van der Waals surface area contributed by atoms with Crippen LogP contribution < -0.4 is 10.2 Å².